The highest BCUT2D eigenvalue weighted by atomic mass is 16.5. The summed E-state index contributed by atoms with van der Waals surface area (Å²) in [4.78, 5) is 34.0. The average Bonchev–Trinajstić information content (AvgIpc) is 3.47. The number of benzene rings is 1. The van der Waals surface area contributed by atoms with Crippen LogP contribution in [0.25, 0.3) is 0 Å². The van der Waals surface area contributed by atoms with Gasteiger partial charge >= 0.3 is 0 Å². The quantitative estimate of drug-likeness (QED) is 0.750. The van der Waals surface area contributed by atoms with Crippen LogP contribution >= 0.6 is 0 Å². The van der Waals surface area contributed by atoms with Gasteiger partial charge in [-0.25, -0.2) is 4.98 Å². The molecule has 0 bridgehead atoms. The van der Waals surface area contributed by atoms with Gasteiger partial charge in [0.2, 0.25) is 5.91 Å². The third kappa shape index (κ3) is 3.25. The molecule has 5 rings (SSSR count). The number of fused-ring (bicyclic) bond motifs is 2. The molecule has 0 fully saturated rings. The molecular formula is C22H24N4O3. The van der Waals surface area contributed by atoms with Crippen LogP contribution in [-0.4, -0.2) is 50.8 Å². The van der Waals surface area contributed by atoms with Gasteiger partial charge in [-0.15, -0.1) is 0 Å². The molecule has 0 radical (unpaired) electrons. The molecule has 1 aromatic carbocycles. The van der Waals surface area contributed by atoms with Gasteiger partial charge in [0.15, 0.2) is 0 Å². The van der Waals surface area contributed by atoms with E-state index in [2.05, 4.69) is 4.57 Å². The topological polar surface area (TPSA) is 67.7 Å². The Morgan fingerprint density at radius 1 is 1.14 bits per heavy atom. The third-order valence-electron chi connectivity index (χ3n) is 6.01. The maximum atomic E-state index is 13.2. The second-order valence-corrected chi connectivity index (χ2v) is 7.88. The molecule has 7 nitrogen and oxygen atoms in total. The lowest BCUT2D eigenvalue weighted by atomic mass is 10.0. The van der Waals surface area contributed by atoms with E-state index in [4.69, 9.17) is 9.72 Å². The zero-order chi connectivity index (χ0) is 20.0. The van der Waals surface area contributed by atoms with Gasteiger partial charge in [0.1, 0.15) is 5.82 Å². The molecule has 3 aliphatic rings. The Morgan fingerprint density at radius 3 is 2.76 bits per heavy atom. The van der Waals surface area contributed by atoms with Gasteiger partial charge < -0.3 is 19.1 Å². The molecule has 4 heterocycles. The van der Waals surface area contributed by atoms with Crippen LogP contribution in [0.1, 0.15) is 46.0 Å². The van der Waals surface area contributed by atoms with Crippen LogP contribution in [0.2, 0.25) is 0 Å². The molecule has 0 saturated carbocycles. The zero-order valence-electron chi connectivity index (χ0n) is 16.5. The number of aromatic nitrogens is 2. The van der Waals surface area contributed by atoms with Crippen molar-refractivity contribution < 1.29 is 14.3 Å². The number of amides is 2. The fraction of sp³-hybridized carbons (Fsp3) is 0.409. The van der Waals surface area contributed by atoms with Crippen molar-refractivity contribution in [3.8, 4) is 0 Å². The molecule has 150 valence electrons. The van der Waals surface area contributed by atoms with Gasteiger partial charge in [0.05, 0.1) is 31.4 Å². The molecule has 29 heavy (non-hydrogen) atoms. The van der Waals surface area contributed by atoms with Crippen LogP contribution < -0.4 is 0 Å². The summed E-state index contributed by atoms with van der Waals surface area (Å²) in [5, 5.41) is 0. The Kier molecular flexibility index (Phi) is 4.47. The summed E-state index contributed by atoms with van der Waals surface area (Å²) in [6, 6.07) is 5.69. The number of imidazole rings is 1. The van der Waals surface area contributed by atoms with E-state index in [9.17, 15) is 9.59 Å². The average molecular weight is 392 g/mol. The second kappa shape index (κ2) is 7.15. The molecule has 7 heteroatoms. The van der Waals surface area contributed by atoms with Gasteiger partial charge in [0, 0.05) is 37.9 Å². The lowest BCUT2D eigenvalue weighted by Gasteiger charge is -2.34. The number of carbonyl (C=O) groups excluding carboxylic acids is 2. The molecule has 3 aliphatic heterocycles. The van der Waals surface area contributed by atoms with E-state index < -0.39 is 0 Å². The number of nitrogens with zero attached hydrogens (tertiary/aromatic N) is 4. The van der Waals surface area contributed by atoms with Crippen molar-refractivity contribution in [1.29, 1.82) is 0 Å². The zero-order valence-corrected chi connectivity index (χ0v) is 16.5. The normalized spacial score (nSPS) is 20.1. The molecular weight excluding hydrogens is 368 g/mol. The molecule has 2 amide bonds. The summed E-state index contributed by atoms with van der Waals surface area (Å²) in [7, 11) is 0. The summed E-state index contributed by atoms with van der Waals surface area (Å²) >= 11 is 0. The number of ether oxygens (including phenoxy) is 1. The molecule has 0 aliphatic carbocycles. The highest BCUT2D eigenvalue weighted by Crippen LogP contribution is 2.28. The molecule has 2 aromatic rings. The maximum absolute atomic E-state index is 13.2. The van der Waals surface area contributed by atoms with Crippen LogP contribution in [0.15, 0.2) is 36.5 Å². The molecule has 0 spiro atoms. The number of carbonyl (C=O) groups is 2. The van der Waals surface area contributed by atoms with E-state index in [0.717, 1.165) is 22.6 Å². The lowest BCUT2D eigenvalue weighted by Crippen LogP contribution is -2.41. The van der Waals surface area contributed by atoms with Gasteiger partial charge in [0.25, 0.3) is 5.91 Å². The first-order valence-corrected chi connectivity index (χ1v) is 10.1. The number of hydrogen-bond acceptors (Lipinski definition) is 4. The second-order valence-electron chi connectivity index (χ2n) is 7.88. The summed E-state index contributed by atoms with van der Waals surface area (Å²) < 4.78 is 7.54. The van der Waals surface area contributed by atoms with Crippen LogP contribution in [0.5, 0.6) is 0 Å². The fourth-order valence-electron chi connectivity index (χ4n) is 4.33. The van der Waals surface area contributed by atoms with Crippen molar-refractivity contribution in [1.82, 2.24) is 19.4 Å². The Balaban J connectivity index is 1.32. The predicted octanol–water partition coefficient (Wildman–Crippen LogP) is 2.07. The van der Waals surface area contributed by atoms with E-state index in [1.165, 1.54) is 0 Å². The van der Waals surface area contributed by atoms with Gasteiger partial charge in [-0.2, -0.15) is 0 Å². The minimum absolute atomic E-state index is 0.0159. The first-order chi connectivity index (χ1) is 14.1. The van der Waals surface area contributed by atoms with Crippen LogP contribution in [-0.2, 0) is 35.7 Å². The van der Waals surface area contributed by atoms with Gasteiger partial charge in [-0.3, -0.25) is 9.59 Å². The Hall–Kier alpha value is -2.93. The Labute approximate surface area is 169 Å². The van der Waals surface area contributed by atoms with Gasteiger partial charge in [-0.05, 0) is 30.2 Å². The van der Waals surface area contributed by atoms with E-state index in [0.29, 0.717) is 51.4 Å². The lowest BCUT2D eigenvalue weighted by molar-refractivity contribution is -0.129. The van der Waals surface area contributed by atoms with Crippen LogP contribution in [0.3, 0.4) is 0 Å². The summed E-state index contributed by atoms with van der Waals surface area (Å²) in [6.07, 6.45) is 6.27. The highest BCUT2D eigenvalue weighted by Gasteiger charge is 2.31. The SMILES string of the molecule is C[C@@H]1c2nc(CC(=O)N3CC=CC3)cn2CCN1C(=O)c1ccc2c(c1)COC2. The first-order valence-electron chi connectivity index (χ1n) is 10.1. The van der Waals surface area contributed by atoms with Crippen molar-refractivity contribution in [3.05, 3.63) is 64.8 Å². The highest BCUT2D eigenvalue weighted by molar-refractivity contribution is 5.94. The Morgan fingerprint density at radius 2 is 1.93 bits per heavy atom. The number of hydrogen-bond donors (Lipinski definition) is 0. The summed E-state index contributed by atoms with van der Waals surface area (Å²) in [5.74, 6) is 0.949. The van der Waals surface area contributed by atoms with E-state index in [1.54, 1.807) is 0 Å². The Bertz CT molecular complexity index is 1000. The van der Waals surface area contributed by atoms with E-state index >= 15 is 0 Å². The van der Waals surface area contributed by atoms with E-state index in [-0.39, 0.29) is 17.9 Å². The minimum Gasteiger partial charge on any atom is -0.372 e. The van der Waals surface area contributed by atoms with Crippen molar-refractivity contribution >= 4 is 11.8 Å². The first kappa shape index (κ1) is 18.1. The molecule has 1 aromatic heterocycles. The van der Waals surface area contributed by atoms with Crippen molar-refractivity contribution in [2.24, 2.45) is 0 Å². The summed E-state index contributed by atoms with van der Waals surface area (Å²) in [6.45, 7) is 5.86. The van der Waals surface area contributed by atoms with Crippen LogP contribution in [0, 0.1) is 0 Å². The fourth-order valence-corrected chi connectivity index (χ4v) is 4.33. The van der Waals surface area contributed by atoms with Gasteiger partial charge in [-0.1, -0.05) is 18.2 Å². The minimum atomic E-state index is -0.141. The largest absolute Gasteiger partial charge is 0.372 e. The van der Waals surface area contributed by atoms with Crippen molar-refractivity contribution in [2.45, 2.75) is 39.1 Å². The molecule has 0 N–H and O–H groups in total. The molecule has 0 saturated heterocycles. The van der Waals surface area contributed by atoms with Crippen molar-refractivity contribution in [2.75, 3.05) is 19.6 Å². The summed E-state index contributed by atoms with van der Waals surface area (Å²) in [5.41, 5.74) is 3.72. The van der Waals surface area contributed by atoms with Crippen LogP contribution in [0.4, 0.5) is 0 Å². The smallest absolute Gasteiger partial charge is 0.254 e. The molecule has 1 atom stereocenters. The van der Waals surface area contributed by atoms with E-state index in [1.807, 2.05) is 53.3 Å². The third-order valence-corrected chi connectivity index (χ3v) is 6.01. The monoisotopic (exact) mass is 392 g/mol. The van der Waals surface area contributed by atoms with Crippen molar-refractivity contribution in [3.63, 3.8) is 0 Å². The maximum Gasteiger partial charge on any atom is 0.254 e. The standard InChI is InChI=1S/C22H24N4O3/c1-15-21-23-19(11-20(27)24-6-2-3-7-24)12-25(21)8-9-26(15)22(28)16-4-5-17-13-29-14-18(17)10-16/h2-5,10,12,15H,6-9,11,13-14H2,1H3/t15-/m1/s1. The molecule has 0 unspecified atom stereocenters. The predicted molar refractivity (Wildman–Crippen MR) is 106 cm³/mol. The number of rotatable bonds is 3.